The minimum atomic E-state index is -0.454. The van der Waals surface area contributed by atoms with E-state index in [1.807, 2.05) is 31.2 Å². The van der Waals surface area contributed by atoms with Gasteiger partial charge in [-0.1, -0.05) is 35.3 Å². The summed E-state index contributed by atoms with van der Waals surface area (Å²) in [6, 6.07) is 16.3. The zero-order valence-corrected chi connectivity index (χ0v) is 18.5. The lowest BCUT2D eigenvalue weighted by molar-refractivity contribution is 0.0992. The molecule has 0 bridgehead atoms. The number of rotatable bonds is 7. The lowest BCUT2D eigenvalue weighted by atomic mass is 10.2. The molecule has 2 heterocycles. The fraction of sp³-hybridized carbons (Fsp3) is 0.130. The van der Waals surface area contributed by atoms with Crippen molar-refractivity contribution in [1.82, 2.24) is 9.78 Å². The molecule has 0 fully saturated rings. The molecule has 0 aliphatic rings. The Balaban J connectivity index is 1.37. The third-order valence-corrected chi connectivity index (χ3v) is 5.17. The van der Waals surface area contributed by atoms with Crippen molar-refractivity contribution >= 4 is 34.9 Å². The van der Waals surface area contributed by atoms with Gasteiger partial charge in [-0.3, -0.25) is 9.48 Å². The van der Waals surface area contributed by atoms with E-state index in [2.05, 4.69) is 10.4 Å². The summed E-state index contributed by atoms with van der Waals surface area (Å²) in [5.74, 6) is 0.363. The fourth-order valence-corrected chi connectivity index (χ4v) is 3.34. The first-order valence-electron chi connectivity index (χ1n) is 9.64. The van der Waals surface area contributed by atoms with Crippen molar-refractivity contribution in [2.75, 3.05) is 5.32 Å². The molecule has 0 saturated heterocycles. The van der Waals surface area contributed by atoms with Gasteiger partial charge in [-0.25, -0.2) is 4.39 Å². The van der Waals surface area contributed by atoms with Gasteiger partial charge in [-0.2, -0.15) is 5.10 Å². The molecule has 164 valence electrons. The number of anilines is 1. The SMILES string of the molecule is Cc1cc(NC(=O)c2ccc(COc3ccc(F)cc3Cl)o2)nn1Cc1ccc(Cl)cc1. The number of halogens is 3. The second kappa shape index (κ2) is 9.46. The molecule has 2 aromatic heterocycles. The molecule has 32 heavy (non-hydrogen) atoms. The van der Waals surface area contributed by atoms with E-state index in [4.69, 9.17) is 32.4 Å². The van der Waals surface area contributed by atoms with Gasteiger partial charge >= 0.3 is 0 Å². The summed E-state index contributed by atoms with van der Waals surface area (Å²) in [6.07, 6.45) is 0. The van der Waals surface area contributed by atoms with Gasteiger partial charge in [0.05, 0.1) is 11.6 Å². The Morgan fingerprint density at radius 2 is 1.91 bits per heavy atom. The molecular weight excluding hydrogens is 456 g/mol. The summed E-state index contributed by atoms with van der Waals surface area (Å²) >= 11 is 11.9. The van der Waals surface area contributed by atoms with Gasteiger partial charge in [0.25, 0.3) is 5.91 Å². The van der Waals surface area contributed by atoms with E-state index in [-0.39, 0.29) is 17.4 Å². The smallest absolute Gasteiger partial charge is 0.292 e. The third kappa shape index (κ3) is 5.30. The van der Waals surface area contributed by atoms with Crippen LogP contribution >= 0.6 is 23.2 Å². The van der Waals surface area contributed by atoms with Crippen molar-refractivity contribution in [3.8, 4) is 5.75 Å². The molecule has 0 aliphatic heterocycles. The van der Waals surface area contributed by atoms with Crippen LogP contribution in [0.4, 0.5) is 10.2 Å². The van der Waals surface area contributed by atoms with Gasteiger partial charge in [0, 0.05) is 16.8 Å². The molecule has 1 amide bonds. The van der Waals surface area contributed by atoms with E-state index >= 15 is 0 Å². The Hall–Kier alpha value is -3.29. The Bertz CT molecular complexity index is 1250. The monoisotopic (exact) mass is 473 g/mol. The van der Waals surface area contributed by atoms with Gasteiger partial charge in [0.1, 0.15) is 23.9 Å². The van der Waals surface area contributed by atoms with E-state index in [9.17, 15) is 9.18 Å². The van der Waals surface area contributed by atoms with Gasteiger partial charge in [-0.15, -0.1) is 0 Å². The number of hydrogen-bond donors (Lipinski definition) is 1. The summed E-state index contributed by atoms with van der Waals surface area (Å²) in [6.45, 7) is 2.49. The van der Waals surface area contributed by atoms with Crippen LogP contribution in [-0.4, -0.2) is 15.7 Å². The van der Waals surface area contributed by atoms with E-state index < -0.39 is 11.7 Å². The third-order valence-electron chi connectivity index (χ3n) is 4.62. The summed E-state index contributed by atoms with van der Waals surface area (Å²) in [4.78, 5) is 12.5. The van der Waals surface area contributed by atoms with Crippen molar-refractivity contribution in [2.24, 2.45) is 0 Å². The predicted molar refractivity (Wildman–Crippen MR) is 120 cm³/mol. The second-order valence-electron chi connectivity index (χ2n) is 7.04. The molecule has 0 saturated carbocycles. The highest BCUT2D eigenvalue weighted by molar-refractivity contribution is 6.32. The van der Waals surface area contributed by atoms with Crippen LogP contribution in [0.1, 0.15) is 27.6 Å². The first-order chi connectivity index (χ1) is 15.4. The van der Waals surface area contributed by atoms with Crippen LogP contribution in [0.15, 0.2) is 65.1 Å². The molecule has 0 atom stereocenters. The molecule has 0 radical (unpaired) electrons. The zero-order valence-electron chi connectivity index (χ0n) is 16.9. The van der Waals surface area contributed by atoms with Crippen molar-refractivity contribution in [3.05, 3.63) is 99.3 Å². The van der Waals surface area contributed by atoms with Crippen molar-refractivity contribution in [3.63, 3.8) is 0 Å². The van der Waals surface area contributed by atoms with Crippen LogP contribution < -0.4 is 10.1 Å². The van der Waals surface area contributed by atoms with Crippen molar-refractivity contribution in [2.45, 2.75) is 20.1 Å². The maximum Gasteiger partial charge on any atom is 0.292 e. The number of nitrogens with zero attached hydrogens (tertiary/aromatic N) is 2. The number of furan rings is 1. The summed E-state index contributed by atoms with van der Waals surface area (Å²) in [5.41, 5.74) is 1.93. The fourth-order valence-electron chi connectivity index (χ4n) is 2.99. The maximum absolute atomic E-state index is 13.1. The van der Waals surface area contributed by atoms with Crippen molar-refractivity contribution < 1.29 is 18.3 Å². The number of benzene rings is 2. The quantitative estimate of drug-likeness (QED) is 0.351. The van der Waals surface area contributed by atoms with Crippen LogP contribution in [-0.2, 0) is 13.2 Å². The summed E-state index contributed by atoms with van der Waals surface area (Å²) < 4.78 is 26.0. The maximum atomic E-state index is 13.1. The van der Waals surface area contributed by atoms with Crippen LogP contribution in [0.2, 0.25) is 10.0 Å². The summed E-state index contributed by atoms with van der Waals surface area (Å²) in [7, 11) is 0. The Kier molecular flexibility index (Phi) is 6.48. The highest BCUT2D eigenvalue weighted by Crippen LogP contribution is 2.26. The van der Waals surface area contributed by atoms with Gasteiger partial charge in [-0.05, 0) is 55.0 Å². The minimum absolute atomic E-state index is 0.0352. The van der Waals surface area contributed by atoms with E-state index in [1.165, 1.54) is 18.2 Å². The second-order valence-corrected chi connectivity index (χ2v) is 7.88. The van der Waals surface area contributed by atoms with Gasteiger partial charge in [0.2, 0.25) is 0 Å². The number of aryl methyl sites for hydroxylation is 1. The normalized spacial score (nSPS) is 10.9. The molecule has 4 aromatic rings. The minimum Gasteiger partial charge on any atom is -0.484 e. The number of aromatic nitrogens is 2. The summed E-state index contributed by atoms with van der Waals surface area (Å²) in [5, 5.41) is 7.98. The Labute approximate surface area is 193 Å². The highest BCUT2D eigenvalue weighted by Gasteiger charge is 2.15. The van der Waals surface area contributed by atoms with Crippen LogP contribution in [0.3, 0.4) is 0 Å². The molecule has 9 heteroatoms. The Morgan fingerprint density at radius 3 is 2.66 bits per heavy atom. The lowest BCUT2D eigenvalue weighted by Gasteiger charge is -2.06. The van der Waals surface area contributed by atoms with Gasteiger partial charge < -0.3 is 14.5 Å². The molecule has 4 rings (SSSR count). The predicted octanol–water partition coefficient (Wildman–Crippen LogP) is 6.11. The molecule has 2 aromatic carbocycles. The average molecular weight is 474 g/mol. The van der Waals surface area contributed by atoms with E-state index in [1.54, 1.807) is 16.8 Å². The first kappa shape index (κ1) is 21.9. The number of nitrogens with one attached hydrogen (secondary N) is 1. The number of carbonyl (C=O) groups excluding carboxylic acids is 1. The highest BCUT2D eigenvalue weighted by atomic mass is 35.5. The van der Waals surface area contributed by atoms with Crippen LogP contribution in [0.25, 0.3) is 0 Å². The first-order valence-corrected chi connectivity index (χ1v) is 10.4. The number of ether oxygens (including phenoxy) is 1. The molecular formula is C23H18Cl2FN3O3. The van der Waals surface area contributed by atoms with Crippen LogP contribution in [0.5, 0.6) is 5.75 Å². The standard InChI is InChI=1S/C23H18Cl2FN3O3/c1-14-10-22(28-29(14)12-15-2-4-16(24)5-3-15)27-23(30)21-9-7-18(32-21)13-31-20-8-6-17(26)11-19(20)25/h2-11H,12-13H2,1H3,(H,27,28,30). The Morgan fingerprint density at radius 1 is 1.12 bits per heavy atom. The molecule has 1 N–H and O–H groups in total. The average Bonchev–Trinajstić information content (AvgIpc) is 3.36. The van der Waals surface area contributed by atoms with Crippen LogP contribution in [0, 0.1) is 12.7 Å². The molecule has 0 unspecified atom stereocenters. The van der Waals surface area contributed by atoms with E-state index in [0.717, 1.165) is 17.3 Å². The van der Waals surface area contributed by atoms with Crippen molar-refractivity contribution in [1.29, 1.82) is 0 Å². The molecule has 6 nitrogen and oxygen atoms in total. The lowest BCUT2D eigenvalue weighted by Crippen LogP contribution is -2.12. The van der Waals surface area contributed by atoms with E-state index in [0.29, 0.717) is 28.9 Å². The molecule has 0 spiro atoms. The van der Waals surface area contributed by atoms with Gasteiger partial charge in [0.15, 0.2) is 11.6 Å². The zero-order chi connectivity index (χ0) is 22.7. The number of amides is 1. The largest absolute Gasteiger partial charge is 0.484 e. The topological polar surface area (TPSA) is 69.3 Å². The number of hydrogen-bond acceptors (Lipinski definition) is 4. The number of carbonyl (C=O) groups is 1. The molecule has 0 aliphatic carbocycles.